The molecule has 17 heteroatoms. The van der Waals surface area contributed by atoms with E-state index in [9.17, 15) is 33.9 Å². The molecule has 2 fully saturated rings. The minimum Gasteiger partial charge on any atom is -0.480 e. The molecule has 0 saturated heterocycles. The van der Waals surface area contributed by atoms with Crippen molar-refractivity contribution >= 4 is 41.2 Å². The first-order valence-corrected chi connectivity index (χ1v) is 25.8. The Morgan fingerprint density at radius 1 is 0.582 bits per heavy atom. The number of para-hydroxylation sites is 1. The Hall–Kier alpha value is -4.32. The van der Waals surface area contributed by atoms with E-state index in [0.717, 1.165) is 89.4 Å². The molecule has 0 radical (unpaired) electrons. The van der Waals surface area contributed by atoms with Crippen molar-refractivity contribution in [3.05, 3.63) is 30.3 Å². The molecule has 5 amide bonds. The maximum Gasteiger partial charge on any atom is 0.322 e. The molecule has 11 N–H and O–H groups in total. The number of anilines is 1. The fourth-order valence-corrected chi connectivity index (χ4v) is 8.92. The maximum absolute atomic E-state index is 14.4. The molecule has 0 aliphatic heterocycles. The molecule has 4 unspecified atom stereocenters. The Morgan fingerprint density at radius 2 is 1.12 bits per heavy atom. The number of carboxylic acid groups (broad SMARTS) is 1. The predicted octanol–water partition coefficient (Wildman–Crippen LogP) is 4.14. The van der Waals surface area contributed by atoms with Crippen molar-refractivity contribution in [1.29, 1.82) is 0 Å². The molecule has 1 aromatic rings. The Balaban J connectivity index is 1.73. The topological polar surface area (TPSA) is 251 Å². The lowest BCUT2D eigenvalue weighted by Gasteiger charge is -2.30. The highest BCUT2D eigenvalue weighted by atomic mass is 16.4. The van der Waals surface area contributed by atoms with Crippen LogP contribution in [0.5, 0.6) is 0 Å². The molecule has 380 valence electrons. The van der Waals surface area contributed by atoms with Gasteiger partial charge in [0.05, 0.1) is 19.2 Å². The molecule has 0 aromatic heterocycles. The summed E-state index contributed by atoms with van der Waals surface area (Å²) in [5.41, 5.74) is 0.993. The molecule has 5 atom stereocenters. The first-order chi connectivity index (χ1) is 32.5. The van der Waals surface area contributed by atoms with Gasteiger partial charge < -0.3 is 58.1 Å². The van der Waals surface area contributed by atoms with Gasteiger partial charge >= 0.3 is 5.97 Å². The van der Waals surface area contributed by atoms with Crippen LogP contribution >= 0.6 is 0 Å². The largest absolute Gasteiger partial charge is 0.480 e. The zero-order valence-electron chi connectivity index (χ0n) is 40.8. The number of hydrogen-bond donors (Lipinski definition) is 11. The number of carboxylic acids is 1. The summed E-state index contributed by atoms with van der Waals surface area (Å²) >= 11 is 0. The van der Waals surface area contributed by atoms with Crippen LogP contribution in [0.3, 0.4) is 0 Å². The van der Waals surface area contributed by atoms with Gasteiger partial charge in [-0.05, 0) is 116 Å². The number of aliphatic hydroxyl groups is 1. The third kappa shape index (κ3) is 25.6. The summed E-state index contributed by atoms with van der Waals surface area (Å²) in [6, 6.07) is 7.13. The third-order valence-electron chi connectivity index (χ3n) is 12.9. The molecule has 1 aromatic carbocycles. The van der Waals surface area contributed by atoms with Crippen molar-refractivity contribution in [2.45, 2.75) is 204 Å². The number of benzene rings is 1. The molecule has 2 aliphatic carbocycles. The van der Waals surface area contributed by atoms with E-state index < -0.39 is 73.5 Å². The van der Waals surface area contributed by atoms with Gasteiger partial charge in [-0.2, -0.15) is 0 Å². The highest BCUT2D eigenvalue weighted by Crippen LogP contribution is 2.20. The van der Waals surface area contributed by atoms with Crippen molar-refractivity contribution in [2.75, 3.05) is 44.6 Å². The molecule has 17 nitrogen and oxygen atoms in total. The number of aliphatic hydroxyl groups excluding tert-OH is 1. The minimum absolute atomic E-state index is 0.224. The average molecular weight is 942 g/mol. The van der Waals surface area contributed by atoms with Gasteiger partial charge in [-0.1, -0.05) is 89.3 Å². The standard InChI is InChI=1S/C50H87N9O8/c1-3-4-8-21-37(2)51-31-18-15-29-42(56-40-26-13-7-14-27-40)49(66)59-43(30-17-20-33-53-39-24-11-6-12-25-39)50(67)58-41(28-16-19-32-52-38-22-9-5-10-23-38)47(64)54-34-45(61)57-44(36-60)48(65)55-35-46(62)63/h6,11-12,24-25,37-38,40-44,51-53,56,60H,3-5,7-10,13-23,26-36H2,1-2H3,(H,54,64)(H,55,65)(H,57,61)(H,58,67)(H,59,66)(H,62,63)/t37-,41?,42?,43?,44?/m0/s1. The van der Waals surface area contributed by atoms with Crippen molar-refractivity contribution in [3.63, 3.8) is 0 Å². The summed E-state index contributed by atoms with van der Waals surface area (Å²) in [6.45, 7) is 4.70. The van der Waals surface area contributed by atoms with Gasteiger partial charge in [0, 0.05) is 30.4 Å². The zero-order chi connectivity index (χ0) is 48.5. The quantitative estimate of drug-likeness (QED) is 0.0425. The lowest BCUT2D eigenvalue weighted by Crippen LogP contribution is -2.57. The van der Waals surface area contributed by atoms with E-state index >= 15 is 0 Å². The average Bonchev–Trinajstić information content (AvgIpc) is 3.33. The number of nitrogens with one attached hydrogen (secondary N) is 9. The van der Waals surface area contributed by atoms with Crippen molar-refractivity contribution in [3.8, 4) is 0 Å². The second-order valence-electron chi connectivity index (χ2n) is 18.7. The van der Waals surface area contributed by atoms with Crippen LogP contribution in [0.1, 0.15) is 162 Å². The molecule has 0 spiro atoms. The number of hydrogen-bond acceptors (Lipinski definition) is 11. The molecular weight excluding hydrogens is 855 g/mol. The Kier molecular flexibility index (Phi) is 29.7. The summed E-state index contributed by atoms with van der Waals surface area (Å²) < 4.78 is 0. The highest BCUT2D eigenvalue weighted by molar-refractivity contribution is 5.95. The molecular formula is C50H87N9O8. The monoisotopic (exact) mass is 942 g/mol. The van der Waals surface area contributed by atoms with Gasteiger partial charge in [-0.15, -0.1) is 0 Å². The predicted molar refractivity (Wildman–Crippen MR) is 263 cm³/mol. The van der Waals surface area contributed by atoms with E-state index in [1.807, 2.05) is 30.3 Å². The van der Waals surface area contributed by atoms with Crippen molar-refractivity contribution in [1.82, 2.24) is 42.5 Å². The fraction of sp³-hybridized carbons (Fsp3) is 0.760. The smallest absolute Gasteiger partial charge is 0.322 e. The summed E-state index contributed by atoms with van der Waals surface area (Å²) in [5, 5.41) is 45.9. The number of aliphatic carboxylic acids is 1. The van der Waals surface area contributed by atoms with Crippen LogP contribution in [-0.2, 0) is 28.8 Å². The van der Waals surface area contributed by atoms with Crippen LogP contribution < -0.4 is 47.9 Å². The summed E-state index contributed by atoms with van der Waals surface area (Å²) in [4.78, 5) is 78.6. The SMILES string of the molecule is CCCCC[C@H](C)NCCCCC(NC1CCCCC1)C(=O)NC(CCCCNc1ccccc1)C(=O)NC(CCCCNC1CCCCC1)C(=O)NCC(=O)NC(CO)C(=O)NCC(=O)O. The second-order valence-corrected chi connectivity index (χ2v) is 18.7. The number of amides is 5. The van der Waals surface area contributed by atoms with Crippen molar-refractivity contribution < 1.29 is 39.0 Å². The van der Waals surface area contributed by atoms with Crippen LogP contribution in [0, 0.1) is 0 Å². The van der Waals surface area contributed by atoms with E-state index in [1.54, 1.807) is 0 Å². The Labute approximate surface area is 400 Å². The highest BCUT2D eigenvalue weighted by Gasteiger charge is 2.31. The molecule has 3 rings (SSSR count). The summed E-state index contributed by atoms with van der Waals surface area (Å²) in [6.07, 6.45) is 21.9. The number of carbonyl (C=O) groups excluding carboxylic acids is 5. The molecule has 2 saturated carbocycles. The minimum atomic E-state index is -1.43. The first kappa shape index (κ1) is 57.0. The molecule has 0 heterocycles. The Bertz CT molecular complexity index is 1560. The molecule has 0 bridgehead atoms. The first-order valence-electron chi connectivity index (χ1n) is 25.8. The number of rotatable bonds is 36. The lowest BCUT2D eigenvalue weighted by molar-refractivity contribution is -0.138. The van der Waals surface area contributed by atoms with Crippen LogP contribution in [0.4, 0.5) is 5.69 Å². The van der Waals surface area contributed by atoms with E-state index in [-0.39, 0.29) is 18.4 Å². The second kappa shape index (κ2) is 34.9. The zero-order valence-corrected chi connectivity index (χ0v) is 40.8. The normalized spacial score (nSPS) is 16.7. The van der Waals surface area contributed by atoms with Gasteiger partial charge in [0.2, 0.25) is 29.5 Å². The van der Waals surface area contributed by atoms with E-state index in [1.165, 1.54) is 44.9 Å². The lowest BCUT2D eigenvalue weighted by atomic mass is 9.94. The Morgan fingerprint density at radius 3 is 1.75 bits per heavy atom. The van der Waals surface area contributed by atoms with Gasteiger partial charge in [-0.25, -0.2) is 0 Å². The van der Waals surface area contributed by atoms with E-state index in [0.29, 0.717) is 44.3 Å². The van der Waals surface area contributed by atoms with E-state index in [2.05, 4.69) is 61.7 Å². The third-order valence-corrected chi connectivity index (χ3v) is 12.9. The van der Waals surface area contributed by atoms with Crippen LogP contribution in [0.2, 0.25) is 0 Å². The summed E-state index contributed by atoms with van der Waals surface area (Å²) in [5.74, 6) is -4.30. The number of unbranched alkanes of at least 4 members (excludes halogenated alkanes) is 5. The molecule has 2 aliphatic rings. The number of carbonyl (C=O) groups is 6. The van der Waals surface area contributed by atoms with Crippen LogP contribution in [-0.4, -0.2) is 127 Å². The van der Waals surface area contributed by atoms with Crippen molar-refractivity contribution in [2.24, 2.45) is 0 Å². The maximum atomic E-state index is 14.4. The summed E-state index contributed by atoms with van der Waals surface area (Å²) in [7, 11) is 0. The van der Waals surface area contributed by atoms with Crippen LogP contribution in [0.15, 0.2) is 30.3 Å². The van der Waals surface area contributed by atoms with E-state index in [4.69, 9.17) is 5.11 Å². The van der Waals surface area contributed by atoms with Gasteiger partial charge in [-0.3, -0.25) is 28.8 Å². The van der Waals surface area contributed by atoms with Gasteiger partial charge in [0.15, 0.2) is 0 Å². The van der Waals surface area contributed by atoms with Gasteiger partial charge in [0.25, 0.3) is 0 Å². The molecule has 67 heavy (non-hydrogen) atoms. The van der Waals surface area contributed by atoms with Gasteiger partial charge in [0.1, 0.15) is 24.7 Å². The van der Waals surface area contributed by atoms with Crippen LogP contribution in [0.25, 0.3) is 0 Å². The fourth-order valence-electron chi connectivity index (χ4n) is 8.92.